The van der Waals surface area contributed by atoms with Crippen molar-refractivity contribution >= 4 is 51.8 Å². The summed E-state index contributed by atoms with van der Waals surface area (Å²) in [6, 6.07) is 14.3. The lowest BCUT2D eigenvalue weighted by Crippen LogP contribution is -2.24. The van der Waals surface area contributed by atoms with E-state index in [-0.39, 0.29) is 18.7 Å². The second kappa shape index (κ2) is 8.31. The second-order valence-corrected chi connectivity index (χ2v) is 6.81. The molecule has 4 nitrogen and oxygen atoms in total. The highest BCUT2D eigenvalue weighted by Gasteiger charge is 2.21. The Labute approximate surface area is 153 Å². The Balaban J connectivity index is 1.98. The van der Waals surface area contributed by atoms with Crippen LogP contribution in [0.2, 0.25) is 5.02 Å². The number of carbonyl (C=O) groups excluding carboxylic acids is 1. The number of amides is 1. The highest BCUT2D eigenvalue weighted by atomic mass is 127. The molecule has 2 rings (SSSR count). The monoisotopic (exact) mass is 443 g/mol. The molecule has 0 heterocycles. The molecule has 0 aliphatic heterocycles. The van der Waals surface area contributed by atoms with E-state index in [0.717, 1.165) is 9.13 Å². The first-order chi connectivity index (χ1) is 10.9. The number of hydrogen-bond donors (Lipinski definition) is 2. The third kappa shape index (κ3) is 5.84. The van der Waals surface area contributed by atoms with Crippen LogP contribution in [0.1, 0.15) is 12.0 Å². The summed E-state index contributed by atoms with van der Waals surface area (Å²) in [5.41, 5.74) is 1.50. The molecule has 2 aromatic rings. The van der Waals surface area contributed by atoms with Crippen molar-refractivity contribution in [3.05, 3.63) is 62.7 Å². The molecule has 23 heavy (non-hydrogen) atoms. The van der Waals surface area contributed by atoms with E-state index in [1.807, 2.05) is 12.1 Å². The van der Waals surface area contributed by atoms with Gasteiger partial charge in [0.1, 0.15) is 0 Å². The first kappa shape index (κ1) is 17.7. The van der Waals surface area contributed by atoms with Crippen LogP contribution >= 0.6 is 34.2 Å². The fourth-order valence-corrected chi connectivity index (χ4v) is 2.61. The number of carbonyl (C=O) groups is 2. The predicted molar refractivity (Wildman–Crippen MR) is 98.7 cm³/mol. The number of nitrogens with one attached hydrogen (secondary N) is 1. The maximum Gasteiger partial charge on any atom is 0.307 e. The van der Waals surface area contributed by atoms with Crippen molar-refractivity contribution < 1.29 is 14.7 Å². The lowest BCUT2D eigenvalue weighted by Gasteiger charge is -2.13. The summed E-state index contributed by atoms with van der Waals surface area (Å²) in [4.78, 5) is 23.5. The Bertz CT molecular complexity index is 686. The smallest absolute Gasteiger partial charge is 0.307 e. The van der Waals surface area contributed by atoms with E-state index in [9.17, 15) is 14.7 Å². The summed E-state index contributed by atoms with van der Waals surface area (Å²) in [7, 11) is 0. The Hall–Kier alpha value is -1.60. The second-order valence-electron chi connectivity index (χ2n) is 5.12. The quantitative estimate of drug-likeness (QED) is 0.657. The zero-order chi connectivity index (χ0) is 16.8. The van der Waals surface area contributed by atoms with Crippen LogP contribution in [0.5, 0.6) is 0 Å². The van der Waals surface area contributed by atoms with Crippen LogP contribution in [-0.2, 0) is 16.0 Å². The highest BCUT2D eigenvalue weighted by molar-refractivity contribution is 14.1. The zero-order valence-electron chi connectivity index (χ0n) is 12.1. The molecular weight excluding hydrogens is 429 g/mol. The van der Waals surface area contributed by atoms with E-state index in [1.165, 1.54) is 0 Å². The van der Waals surface area contributed by atoms with E-state index in [2.05, 4.69) is 27.9 Å². The van der Waals surface area contributed by atoms with Gasteiger partial charge in [0.2, 0.25) is 5.91 Å². The lowest BCUT2D eigenvalue weighted by atomic mass is 9.96. The molecule has 6 heteroatoms. The first-order valence-corrected chi connectivity index (χ1v) is 8.42. The van der Waals surface area contributed by atoms with Gasteiger partial charge < -0.3 is 10.4 Å². The van der Waals surface area contributed by atoms with Gasteiger partial charge in [-0.15, -0.1) is 0 Å². The third-order valence-electron chi connectivity index (χ3n) is 3.30. The molecule has 1 atom stereocenters. The molecule has 2 N–H and O–H groups in total. The van der Waals surface area contributed by atoms with Gasteiger partial charge in [-0.05, 0) is 71.0 Å². The van der Waals surface area contributed by atoms with Crippen LogP contribution in [0.3, 0.4) is 0 Å². The van der Waals surface area contributed by atoms with Gasteiger partial charge in [0.25, 0.3) is 0 Å². The molecule has 0 fully saturated rings. The van der Waals surface area contributed by atoms with Gasteiger partial charge in [-0.3, -0.25) is 9.59 Å². The largest absolute Gasteiger partial charge is 0.481 e. The maximum atomic E-state index is 12.1. The molecule has 0 bridgehead atoms. The molecule has 0 radical (unpaired) electrons. The Kier molecular flexibility index (Phi) is 6.41. The number of carboxylic acids is 1. The van der Waals surface area contributed by atoms with Crippen molar-refractivity contribution in [1.29, 1.82) is 0 Å². The summed E-state index contributed by atoms with van der Waals surface area (Å²) in [6.07, 6.45) is 0.205. The minimum Gasteiger partial charge on any atom is -0.481 e. The number of anilines is 1. The Morgan fingerprint density at radius 1 is 1.09 bits per heavy atom. The molecular formula is C17H15ClINO3. The van der Waals surface area contributed by atoms with E-state index in [1.54, 1.807) is 36.4 Å². The van der Waals surface area contributed by atoms with Crippen molar-refractivity contribution in [2.75, 3.05) is 5.32 Å². The molecule has 0 saturated carbocycles. The number of aliphatic carboxylic acids is 1. The van der Waals surface area contributed by atoms with Gasteiger partial charge in [-0.2, -0.15) is 0 Å². The third-order valence-corrected chi connectivity index (χ3v) is 4.28. The summed E-state index contributed by atoms with van der Waals surface area (Å²) in [6.45, 7) is 0. The van der Waals surface area contributed by atoms with Crippen LogP contribution in [0.15, 0.2) is 48.5 Å². The predicted octanol–water partition coefficient (Wildman–Crippen LogP) is 4.22. The molecule has 0 spiro atoms. The van der Waals surface area contributed by atoms with Crippen LogP contribution in [0.4, 0.5) is 5.69 Å². The van der Waals surface area contributed by atoms with Crippen molar-refractivity contribution in [2.24, 2.45) is 5.92 Å². The van der Waals surface area contributed by atoms with Crippen LogP contribution < -0.4 is 5.32 Å². The molecule has 0 saturated heterocycles. The Morgan fingerprint density at radius 2 is 1.70 bits per heavy atom. The number of halogens is 2. The van der Waals surface area contributed by atoms with Gasteiger partial charge >= 0.3 is 5.97 Å². The number of hydrogen-bond acceptors (Lipinski definition) is 2. The minimum absolute atomic E-state index is 0.0794. The van der Waals surface area contributed by atoms with Gasteiger partial charge in [0, 0.05) is 20.7 Å². The topological polar surface area (TPSA) is 66.4 Å². The molecule has 0 aliphatic carbocycles. The Morgan fingerprint density at radius 3 is 2.26 bits per heavy atom. The maximum absolute atomic E-state index is 12.1. The SMILES string of the molecule is O=C(C[C@H](Cc1ccc(Cl)cc1)C(=O)O)Nc1ccc(I)cc1. The summed E-state index contributed by atoms with van der Waals surface area (Å²) < 4.78 is 1.06. The van der Waals surface area contributed by atoms with E-state index in [0.29, 0.717) is 10.7 Å². The minimum atomic E-state index is -0.988. The van der Waals surface area contributed by atoms with Gasteiger partial charge in [0.05, 0.1) is 5.92 Å². The van der Waals surface area contributed by atoms with E-state index >= 15 is 0 Å². The van der Waals surface area contributed by atoms with E-state index < -0.39 is 11.9 Å². The lowest BCUT2D eigenvalue weighted by molar-refractivity contribution is -0.143. The zero-order valence-corrected chi connectivity index (χ0v) is 15.0. The van der Waals surface area contributed by atoms with Crippen LogP contribution in [0.25, 0.3) is 0 Å². The molecule has 0 aromatic heterocycles. The number of carboxylic acid groups (broad SMARTS) is 1. The fourth-order valence-electron chi connectivity index (χ4n) is 2.12. The fraction of sp³-hybridized carbons (Fsp3) is 0.176. The average Bonchev–Trinajstić information content (AvgIpc) is 2.51. The molecule has 2 aromatic carbocycles. The van der Waals surface area contributed by atoms with Gasteiger partial charge in [-0.25, -0.2) is 0 Å². The number of benzene rings is 2. The van der Waals surface area contributed by atoms with E-state index in [4.69, 9.17) is 11.6 Å². The number of rotatable bonds is 6. The van der Waals surface area contributed by atoms with Crippen molar-refractivity contribution in [2.45, 2.75) is 12.8 Å². The average molecular weight is 444 g/mol. The molecule has 0 aliphatic rings. The van der Waals surface area contributed by atoms with Gasteiger partial charge in [-0.1, -0.05) is 23.7 Å². The van der Waals surface area contributed by atoms with Crippen molar-refractivity contribution in [3.8, 4) is 0 Å². The first-order valence-electron chi connectivity index (χ1n) is 6.96. The molecule has 0 unspecified atom stereocenters. The summed E-state index contributed by atoms with van der Waals surface area (Å²) >= 11 is 7.99. The summed E-state index contributed by atoms with van der Waals surface area (Å²) in [5, 5.41) is 12.7. The normalized spacial score (nSPS) is 11.7. The molecule has 120 valence electrons. The molecule has 1 amide bonds. The standard InChI is InChI=1S/C17H15ClINO3/c18-13-3-1-11(2-4-13)9-12(17(22)23)10-16(21)20-15-7-5-14(19)6-8-15/h1-8,12H,9-10H2,(H,20,21)(H,22,23)/t12-/m0/s1. The summed E-state index contributed by atoms with van der Waals surface area (Å²) in [5.74, 6) is -2.08. The van der Waals surface area contributed by atoms with Crippen LogP contribution in [0, 0.1) is 9.49 Å². The van der Waals surface area contributed by atoms with Crippen molar-refractivity contribution in [3.63, 3.8) is 0 Å². The van der Waals surface area contributed by atoms with Crippen molar-refractivity contribution in [1.82, 2.24) is 0 Å². The van der Waals surface area contributed by atoms with Gasteiger partial charge in [0.15, 0.2) is 0 Å². The highest BCUT2D eigenvalue weighted by Crippen LogP contribution is 2.17. The van der Waals surface area contributed by atoms with Crippen LogP contribution in [-0.4, -0.2) is 17.0 Å².